The van der Waals surface area contributed by atoms with Crippen LogP contribution < -0.4 is 5.73 Å². The van der Waals surface area contributed by atoms with Gasteiger partial charge in [0.15, 0.2) is 0 Å². The van der Waals surface area contributed by atoms with Crippen molar-refractivity contribution in [2.24, 2.45) is 11.7 Å². The van der Waals surface area contributed by atoms with Crippen LogP contribution in [0.5, 0.6) is 0 Å². The Balaban J connectivity index is 3.18. The van der Waals surface area contributed by atoms with Gasteiger partial charge in [0.1, 0.15) is 0 Å². The number of allylic oxidation sites excluding steroid dienone is 3. The Bertz CT molecular complexity index is 353. The van der Waals surface area contributed by atoms with E-state index in [2.05, 4.69) is 42.4 Å². The van der Waals surface area contributed by atoms with Crippen molar-refractivity contribution in [2.75, 3.05) is 6.54 Å². The Morgan fingerprint density at radius 3 is 2.88 bits per heavy atom. The fourth-order valence-electron chi connectivity index (χ4n) is 1.71. The molecule has 2 N–H and O–H groups in total. The van der Waals surface area contributed by atoms with Gasteiger partial charge >= 0.3 is 0 Å². The Morgan fingerprint density at radius 1 is 1.69 bits per heavy atom. The first kappa shape index (κ1) is 13.3. The summed E-state index contributed by atoms with van der Waals surface area (Å²) >= 11 is 3.49. The molecule has 0 aromatic heterocycles. The molecule has 16 heavy (non-hydrogen) atoms. The van der Waals surface area contributed by atoms with Crippen molar-refractivity contribution in [3.05, 3.63) is 46.9 Å². The van der Waals surface area contributed by atoms with Crippen LogP contribution in [0.1, 0.15) is 20.3 Å². The van der Waals surface area contributed by atoms with E-state index in [0.717, 1.165) is 16.6 Å². The van der Waals surface area contributed by atoms with E-state index < -0.39 is 0 Å². The summed E-state index contributed by atoms with van der Waals surface area (Å²) in [4.78, 5) is 2.01. The average molecular weight is 283 g/mol. The van der Waals surface area contributed by atoms with E-state index in [1.165, 1.54) is 5.57 Å². The Kier molecular flexibility index (Phi) is 5.03. The number of nitrogens with zero attached hydrogens (tertiary/aromatic N) is 1. The lowest BCUT2D eigenvalue weighted by Gasteiger charge is -2.26. The summed E-state index contributed by atoms with van der Waals surface area (Å²) in [7, 11) is 0. The molecule has 0 radical (unpaired) electrons. The molecule has 1 rings (SSSR count). The summed E-state index contributed by atoms with van der Waals surface area (Å²) in [5, 5.41) is 0. The summed E-state index contributed by atoms with van der Waals surface area (Å²) < 4.78 is 1.06. The molecular formula is C13H19BrN2. The molecule has 0 spiro atoms. The first-order chi connectivity index (χ1) is 7.63. The second-order valence-corrected chi connectivity index (χ2v) is 4.77. The molecule has 1 unspecified atom stereocenters. The van der Waals surface area contributed by atoms with Gasteiger partial charge in [0, 0.05) is 29.1 Å². The van der Waals surface area contributed by atoms with Gasteiger partial charge in [-0.3, -0.25) is 0 Å². The van der Waals surface area contributed by atoms with Crippen molar-refractivity contribution in [2.45, 2.75) is 20.3 Å². The van der Waals surface area contributed by atoms with Crippen LogP contribution in [0.2, 0.25) is 0 Å². The molecule has 0 saturated heterocycles. The zero-order chi connectivity index (χ0) is 12.1. The minimum atomic E-state index is 0.491. The van der Waals surface area contributed by atoms with Crippen LogP contribution in [0.25, 0.3) is 0 Å². The van der Waals surface area contributed by atoms with E-state index in [1.54, 1.807) is 6.20 Å². The largest absolute Gasteiger partial charge is 0.327 e. The Morgan fingerprint density at radius 2 is 2.38 bits per heavy atom. The monoisotopic (exact) mass is 282 g/mol. The van der Waals surface area contributed by atoms with Gasteiger partial charge < -0.3 is 10.6 Å². The third-order valence-corrected chi connectivity index (χ3v) is 3.39. The summed E-state index contributed by atoms with van der Waals surface area (Å²) in [6.07, 6.45) is 8.98. The molecule has 1 heterocycles. The van der Waals surface area contributed by atoms with Crippen molar-refractivity contribution >= 4 is 15.9 Å². The zero-order valence-corrected chi connectivity index (χ0v) is 11.5. The summed E-state index contributed by atoms with van der Waals surface area (Å²) in [5.41, 5.74) is 8.26. The van der Waals surface area contributed by atoms with Gasteiger partial charge in [-0.25, -0.2) is 0 Å². The van der Waals surface area contributed by atoms with E-state index in [0.29, 0.717) is 12.5 Å². The van der Waals surface area contributed by atoms with E-state index in [4.69, 9.17) is 5.73 Å². The normalized spacial score (nSPS) is 20.5. The third-order valence-electron chi connectivity index (χ3n) is 2.90. The summed E-state index contributed by atoms with van der Waals surface area (Å²) in [6, 6.07) is 0. The Labute approximate surface area is 106 Å². The van der Waals surface area contributed by atoms with Gasteiger partial charge in [0.25, 0.3) is 0 Å². The predicted octanol–water partition coefficient (Wildman–Crippen LogP) is 3.50. The molecule has 1 aliphatic heterocycles. The minimum Gasteiger partial charge on any atom is -0.327 e. The fourth-order valence-corrected chi connectivity index (χ4v) is 2.04. The maximum Gasteiger partial charge on any atom is 0.0467 e. The van der Waals surface area contributed by atoms with Gasteiger partial charge in [0.05, 0.1) is 0 Å². The SMILES string of the molecule is C=CN1C=CC(Br)=C/C1=C(\CN)C(C)CC. The highest BCUT2D eigenvalue weighted by Crippen LogP contribution is 2.27. The first-order valence-electron chi connectivity index (χ1n) is 5.53. The van der Waals surface area contributed by atoms with E-state index in [9.17, 15) is 0 Å². The third kappa shape index (κ3) is 2.86. The van der Waals surface area contributed by atoms with Crippen molar-refractivity contribution in [1.29, 1.82) is 0 Å². The molecule has 0 amide bonds. The average Bonchev–Trinajstić information content (AvgIpc) is 2.30. The van der Waals surface area contributed by atoms with E-state index in [-0.39, 0.29) is 0 Å². The number of hydrogen-bond acceptors (Lipinski definition) is 2. The topological polar surface area (TPSA) is 29.3 Å². The van der Waals surface area contributed by atoms with Crippen LogP contribution in [0, 0.1) is 5.92 Å². The molecule has 1 atom stereocenters. The standard InChI is InChI=1S/C13H19BrN2/c1-4-10(3)12(9-15)13-8-11(14)6-7-16(13)5-2/h5-8,10H,2,4,9,15H2,1,3H3/b13-12-. The quantitative estimate of drug-likeness (QED) is 0.855. The van der Waals surface area contributed by atoms with Crippen molar-refractivity contribution < 1.29 is 0 Å². The smallest absolute Gasteiger partial charge is 0.0467 e. The predicted molar refractivity (Wildman–Crippen MR) is 73.7 cm³/mol. The van der Waals surface area contributed by atoms with Crippen LogP contribution in [-0.2, 0) is 0 Å². The van der Waals surface area contributed by atoms with Crippen molar-refractivity contribution in [1.82, 2.24) is 4.90 Å². The van der Waals surface area contributed by atoms with Crippen LogP contribution >= 0.6 is 15.9 Å². The highest BCUT2D eigenvalue weighted by Gasteiger charge is 2.15. The molecular weight excluding hydrogens is 264 g/mol. The molecule has 0 saturated carbocycles. The highest BCUT2D eigenvalue weighted by atomic mass is 79.9. The minimum absolute atomic E-state index is 0.491. The highest BCUT2D eigenvalue weighted by molar-refractivity contribution is 9.11. The molecule has 3 heteroatoms. The van der Waals surface area contributed by atoms with Gasteiger partial charge in [-0.15, -0.1) is 0 Å². The van der Waals surface area contributed by atoms with Gasteiger partial charge in [-0.1, -0.05) is 36.4 Å². The molecule has 0 aromatic rings. The molecule has 1 aliphatic rings. The fraction of sp³-hybridized carbons (Fsp3) is 0.385. The number of hydrogen-bond donors (Lipinski definition) is 1. The lowest BCUT2D eigenvalue weighted by Crippen LogP contribution is -2.20. The molecule has 0 aromatic carbocycles. The second kappa shape index (κ2) is 6.06. The van der Waals surface area contributed by atoms with Crippen molar-refractivity contribution in [3.63, 3.8) is 0 Å². The maximum atomic E-state index is 5.85. The zero-order valence-electron chi connectivity index (χ0n) is 9.91. The summed E-state index contributed by atoms with van der Waals surface area (Å²) in [6.45, 7) is 8.78. The van der Waals surface area contributed by atoms with Crippen LogP contribution in [-0.4, -0.2) is 11.4 Å². The van der Waals surface area contributed by atoms with Crippen molar-refractivity contribution in [3.8, 4) is 0 Å². The maximum absolute atomic E-state index is 5.85. The van der Waals surface area contributed by atoms with E-state index in [1.807, 2.05) is 17.2 Å². The molecule has 2 nitrogen and oxygen atoms in total. The number of nitrogens with two attached hydrogens (primary N) is 1. The van der Waals surface area contributed by atoms with Gasteiger partial charge in [-0.05, 0) is 30.1 Å². The van der Waals surface area contributed by atoms with Crippen LogP contribution in [0.3, 0.4) is 0 Å². The summed E-state index contributed by atoms with van der Waals surface area (Å²) in [5.74, 6) is 0.491. The number of rotatable bonds is 4. The van der Waals surface area contributed by atoms with E-state index >= 15 is 0 Å². The Hall–Kier alpha value is -0.800. The lowest BCUT2D eigenvalue weighted by molar-refractivity contribution is 0.575. The second-order valence-electron chi connectivity index (χ2n) is 3.86. The van der Waals surface area contributed by atoms with Crippen LogP contribution in [0.15, 0.2) is 46.9 Å². The first-order valence-corrected chi connectivity index (χ1v) is 6.32. The van der Waals surface area contributed by atoms with Gasteiger partial charge in [0.2, 0.25) is 0 Å². The molecule has 0 aliphatic carbocycles. The molecule has 0 bridgehead atoms. The lowest BCUT2D eigenvalue weighted by atomic mass is 9.95. The molecule has 88 valence electrons. The number of halogens is 1. The molecule has 0 fully saturated rings. The van der Waals surface area contributed by atoms with Crippen LogP contribution in [0.4, 0.5) is 0 Å². The van der Waals surface area contributed by atoms with Gasteiger partial charge in [-0.2, -0.15) is 0 Å².